The van der Waals surface area contributed by atoms with Gasteiger partial charge in [0.1, 0.15) is 0 Å². The number of benzene rings is 1. The van der Waals surface area contributed by atoms with E-state index in [-0.39, 0.29) is 5.41 Å². The molecule has 0 saturated carbocycles. The van der Waals surface area contributed by atoms with E-state index in [9.17, 15) is 0 Å². The maximum absolute atomic E-state index is 4.20. The Bertz CT molecular complexity index is 628. The molecular weight excluding hydrogens is 331 g/mol. The van der Waals surface area contributed by atoms with Gasteiger partial charge in [-0.05, 0) is 38.5 Å². The summed E-state index contributed by atoms with van der Waals surface area (Å²) in [4.78, 5) is 0. The van der Waals surface area contributed by atoms with Crippen molar-refractivity contribution in [3.05, 3.63) is 48.2 Å². The van der Waals surface area contributed by atoms with E-state index in [1.54, 1.807) is 0 Å². The first-order chi connectivity index (χ1) is 10.0. The van der Waals surface area contributed by atoms with E-state index in [1.807, 2.05) is 48.6 Å². The van der Waals surface area contributed by atoms with Gasteiger partial charge in [-0.1, -0.05) is 48.2 Å². The Morgan fingerprint density at radius 3 is 2.48 bits per heavy atom. The fraction of sp³-hybridized carbons (Fsp3) is 0.235. The van der Waals surface area contributed by atoms with Crippen LogP contribution >= 0.6 is 10.1 Å². The van der Waals surface area contributed by atoms with E-state index in [2.05, 4.69) is 68.0 Å². The Morgan fingerprint density at radius 1 is 1.19 bits per heavy atom. The van der Waals surface area contributed by atoms with Gasteiger partial charge in [-0.25, -0.2) is 0 Å². The molecular formula is C17H17ClCuN2. The molecule has 0 aliphatic heterocycles. The van der Waals surface area contributed by atoms with Gasteiger partial charge in [0.05, 0.1) is 0 Å². The third kappa shape index (κ3) is 6.69. The fourth-order valence-electron chi connectivity index (χ4n) is 1.53. The van der Waals surface area contributed by atoms with Crippen LogP contribution in [-0.4, -0.2) is 5.10 Å². The molecule has 0 bridgehead atoms. The summed E-state index contributed by atoms with van der Waals surface area (Å²) in [5.41, 5.74) is 2.83. The van der Waals surface area contributed by atoms with Gasteiger partial charge in [-0.3, -0.25) is 0 Å². The van der Waals surface area contributed by atoms with Crippen molar-refractivity contribution in [2.24, 2.45) is 5.41 Å². The molecule has 0 fully saturated rings. The molecule has 0 spiro atoms. The summed E-state index contributed by atoms with van der Waals surface area (Å²) in [6.45, 7) is 6.26. The molecule has 1 aromatic heterocycles. The SMILES string of the molecule is CC(C)(C)C#C/C=C/c1cc(-c2ccccc2)[n-]n1.[Cl][Cu+]. The van der Waals surface area contributed by atoms with Crippen molar-refractivity contribution >= 4 is 16.2 Å². The van der Waals surface area contributed by atoms with Crippen molar-refractivity contribution in [1.29, 1.82) is 0 Å². The number of hydrogen-bond donors (Lipinski definition) is 0. The van der Waals surface area contributed by atoms with Crippen LogP contribution in [0.2, 0.25) is 0 Å². The van der Waals surface area contributed by atoms with Crippen LogP contribution in [0, 0.1) is 17.3 Å². The molecule has 2 nitrogen and oxygen atoms in total. The van der Waals surface area contributed by atoms with Crippen molar-refractivity contribution < 1.29 is 15.1 Å². The second-order valence-electron chi connectivity index (χ2n) is 5.37. The molecule has 2 rings (SSSR count). The number of nitrogens with zero attached hydrogens (tertiary/aromatic N) is 2. The molecule has 0 radical (unpaired) electrons. The number of allylic oxidation sites excluding steroid dienone is 1. The molecule has 4 heteroatoms. The Balaban J connectivity index is 0.00000106. The Kier molecular flexibility index (Phi) is 7.32. The van der Waals surface area contributed by atoms with Gasteiger partial charge in [0, 0.05) is 11.1 Å². The van der Waals surface area contributed by atoms with Crippen LogP contribution in [0.1, 0.15) is 26.5 Å². The first kappa shape index (κ1) is 17.6. The van der Waals surface area contributed by atoms with Gasteiger partial charge >= 0.3 is 25.2 Å². The summed E-state index contributed by atoms with van der Waals surface area (Å²) < 4.78 is 0. The van der Waals surface area contributed by atoms with Crippen molar-refractivity contribution in [2.45, 2.75) is 20.8 Å². The summed E-state index contributed by atoms with van der Waals surface area (Å²) in [5.74, 6) is 6.17. The van der Waals surface area contributed by atoms with Crippen LogP contribution in [-0.2, 0) is 15.1 Å². The normalized spacial score (nSPS) is 10.6. The van der Waals surface area contributed by atoms with E-state index in [0.29, 0.717) is 0 Å². The van der Waals surface area contributed by atoms with Crippen LogP contribution in [0.25, 0.3) is 17.3 Å². The average molecular weight is 348 g/mol. The molecule has 0 saturated heterocycles. The predicted molar refractivity (Wildman–Crippen MR) is 85.1 cm³/mol. The van der Waals surface area contributed by atoms with Gasteiger partial charge in [-0.2, -0.15) is 0 Å². The van der Waals surface area contributed by atoms with E-state index in [1.165, 1.54) is 0 Å². The van der Waals surface area contributed by atoms with Gasteiger partial charge in [0.15, 0.2) is 0 Å². The summed E-state index contributed by atoms with van der Waals surface area (Å²) in [7, 11) is 4.20. The average Bonchev–Trinajstić information content (AvgIpc) is 2.95. The van der Waals surface area contributed by atoms with Gasteiger partial charge in [-0.15, -0.1) is 5.69 Å². The van der Waals surface area contributed by atoms with Crippen LogP contribution in [0.4, 0.5) is 0 Å². The van der Waals surface area contributed by atoms with E-state index >= 15 is 0 Å². The fourth-order valence-corrected chi connectivity index (χ4v) is 1.53. The van der Waals surface area contributed by atoms with E-state index < -0.39 is 0 Å². The molecule has 1 heterocycles. The molecule has 1 aromatic carbocycles. The van der Waals surface area contributed by atoms with E-state index in [0.717, 1.165) is 17.0 Å². The minimum absolute atomic E-state index is 0.0250. The number of hydrogen-bond acceptors (Lipinski definition) is 1. The second kappa shape index (κ2) is 8.74. The monoisotopic (exact) mass is 347 g/mol. The molecule has 0 unspecified atom stereocenters. The van der Waals surface area contributed by atoms with Gasteiger partial charge in [0.2, 0.25) is 0 Å². The molecule has 0 aliphatic rings. The first-order valence-corrected chi connectivity index (χ1v) is 7.71. The number of rotatable bonds is 2. The van der Waals surface area contributed by atoms with E-state index in [4.69, 9.17) is 0 Å². The zero-order chi connectivity index (χ0) is 15.7. The third-order valence-corrected chi connectivity index (χ3v) is 2.41. The molecule has 21 heavy (non-hydrogen) atoms. The first-order valence-electron chi connectivity index (χ1n) is 6.41. The molecule has 113 valence electrons. The standard InChI is InChI=1S/C17H17N2.ClH.Cu/c1-17(2,3)12-8-7-11-15-13-16(19-18-15)14-9-5-4-6-10-14;;/h4-7,9-11,13H,1-3H3;1H;/q-1;;+2/p-1/b11-7+;;. The third-order valence-electron chi connectivity index (χ3n) is 2.41. The van der Waals surface area contributed by atoms with Gasteiger partial charge in [0.25, 0.3) is 0 Å². The molecule has 2 aromatic rings. The van der Waals surface area contributed by atoms with Gasteiger partial charge < -0.3 is 10.2 Å². The second-order valence-corrected chi connectivity index (χ2v) is 5.37. The minimum atomic E-state index is 0.0250. The number of halogens is 1. The van der Waals surface area contributed by atoms with Crippen LogP contribution in [0.5, 0.6) is 0 Å². The number of aromatic nitrogens is 2. The van der Waals surface area contributed by atoms with Crippen molar-refractivity contribution in [3.63, 3.8) is 0 Å². The summed E-state index contributed by atoms with van der Waals surface area (Å²) in [6.07, 6.45) is 3.71. The summed E-state index contributed by atoms with van der Waals surface area (Å²) in [5, 5.41) is 8.29. The van der Waals surface area contributed by atoms with Crippen LogP contribution < -0.4 is 5.10 Å². The Hall–Kier alpha value is -1.46. The molecule has 0 atom stereocenters. The molecule has 0 amide bonds. The molecule has 0 N–H and O–H groups in total. The zero-order valence-electron chi connectivity index (χ0n) is 12.2. The summed E-state index contributed by atoms with van der Waals surface area (Å²) >= 11 is 3.66. The van der Waals surface area contributed by atoms with Crippen LogP contribution in [0.15, 0.2) is 42.5 Å². The predicted octanol–water partition coefficient (Wildman–Crippen LogP) is 4.46. The Morgan fingerprint density at radius 2 is 1.86 bits per heavy atom. The molecule has 0 aliphatic carbocycles. The quantitative estimate of drug-likeness (QED) is 0.592. The summed E-state index contributed by atoms with van der Waals surface area (Å²) in [6, 6.07) is 12.0. The van der Waals surface area contributed by atoms with Crippen molar-refractivity contribution in [2.75, 3.05) is 0 Å². The van der Waals surface area contributed by atoms with Crippen molar-refractivity contribution in [3.8, 4) is 23.1 Å². The Labute approximate surface area is 139 Å². The van der Waals surface area contributed by atoms with Crippen LogP contribution in [0.3, 0.4) is 0 Å². The zero-order valence-corrected chi connectivity index (χ0v) is 13.9. The van der Waals surface area contributed by atoms with Crippen molar-refractivity contribution in [1.82, 2.24) is 10.2 Å². The topological polar surface area (TPSA) is 27.0 Å². The maximum atomic E-state index is 4.20.